The van der Waals surface area contributed by atoms with Crippen molar-refractivity contribution in [2.75, 3.05) is 34.2 Å². The van der Waals surface area contributed by atoms with Crippen molar-refractivity contribution in [3.8, 4) is 5.75 Å². The number of aromatic hydroxyl groups is 1. The first-order valence-corrected chi connectivity index (χ1v) is 11.6. The summed E-state index contributed by atoms with van der Waals surface area (Å²) in [4.78, 5) is 23.3. The van der Waals surface area contributed by atoms with E-state index in [4.69, 9.17) is 9.90 Å². The third kappa shape index (κ3) is 8.68. The van der Waals surface area contributed by atoms with Gasteiger partial charge in [-0.3, -0.25) is 4.79 Å². The summed E-state index contributed by atoms with van der Waals surface area (Å²) in [5.41, 5.74) is 3.06. The maximum atomic E-state index is 12.8. The lowest BCUT2D eigenvalue weighted by Crippen LogP contribution is -2.42. The van der Waals surface area contributed by atoms with Crippen LogP contribution >= 0.6 is 0 Å². The Bertz CT molecular complexity index is 1120. The molecule has 190 valence electrons. The van der Waals surface area contributed by atoms with E-state index in [0.717, 1.165) is 40.1 Å². The van der Waals surface area contributed by atoms with Crippen molar-refractivity contribution in [3.63, 3.8) is 0 Å². The number of hydrogen-bond acceptors (Lipinski definition) is 6. The van der Waals surface area contributed by atoms with Gasteiger partial charge in [-0.15, -0.1) is 0 Å². The Kier molecular flexibility index (Phi) is 8.98. The molecule has 0 fully saturated rings. The maximum absolute atomic E-state index is 12.8. The largest absolute Gasteiger partial charge is 0.550 e. The molecular formula is C26H37N5O4. The van der Waals surface area contributed by atoms with Crippen LogP contribution in [0, 0.1) is 0 Å². The summed E-state index contributed by atoms with van der Waals surface area (Å²) in [6, 6.07) is 12.8. The fourth-order valence-corrected chi connectivity index (χ4v) is 3.49. The normalized spacial score (nSPS) is 12.5. The second kappa shape index (κ2) is 11.3. The number of phenols is 1. The first kappa shape index (κ1) is 27.8. The topological polar surface area (TPSA) is 120 Å². The number of aromatic nitrogens is 3. The molecule has 9 nitrogen and oxygen atoms in total. The molecule has 0 aliphatic heterocycles. The summed E-state index contributed by atoms with van der Waals surface area (Å²) in [6.45, 7) is 8.58. The number of phenolic OH excluding ortho intramolecular Hbond substituents is 1. The fraction of sp³-hybridized carbons (Fsp3) is 0.462. The number of aliphatic carboxylic acids is 1. The Hall–Kier alpha value is -3.46. The average molecular weight is 484 g/mol. The number of carboxylic acid groups (broad SMARTS) is 1. The van der Waals surface area contributed by atoms with Gasteiger partial charge in [0.2, 0.25) is 5.91 Å². The Morgan fingerprint density at radius 2 is 1.63 bits per heavy atom. The van der Waals surface area contributed by atoms with Gasteiger partial charge in [0, 0.05) is 5.97 Å². The van der Waals surface area contributed by atoms with Gasteiger partial charge in [-0.05, 0) is 47.7 Å². The lowest BCUT2D eigenvalue weighted by Gasteiger charge is -2.25. The smallest absolute Gasteiger partial charge is 0.222 e. The molecule has 1 unspecified atom stereocenters. The summed E-state index contributed by atoms with van der Waals surface area (Å²) < 4.78 is 0.780. The molecule has 0 spiro atoms. The van der Waals surface area contributed by atoms with E-state index in [1.165, 1.54) is 0 Å². The first-order chi connectivity index (χ1) is 16.2. The van der Waals surface area contributed by atoms with E-state index in [2.05, 4.69) is 57.4 Å². The SMILES string of the molecule is CC(=O)[O-].CC(C)(C)c1cc(C(CC(=O)NCC[N+](C)(C)C)n2nc3ccccc3n2)ccc1O. The first-order valence-electron chi connectivity index (χ1n) is 11.6. The van der Waals surface area contributed by atoms with Crippen molar-refractivity contribution in [2.45, 2.75) is 45.6 Å². The van der Waals surface area contributed by atoms with Crippen molar-refractivity contribution in [1.29, 1.82) is 0 Å². The van der Waals surface area contributed by atoms with Crippen molar-refractivity contribution in [3.05, 3.63) is 53.6 Å². The number of nitrogens with zero attached hydrogens (tertiary/aromatic N) is 4. The van der Waals surface area contributed by atoms with Gasteiger partial charge in [0.25, 0.3) is 0 Å². The van der Waals surface area contributed by atoms with E-state index in [9.17, 15) is 9.90 Å². The standard InChI is InChI=1S/C24H33N5O2.C2H4O2/c1-24(2,3)18-15-17(11-12-22(18)30)21(16-23(31)25-13-14-29(4,5)6)28-26-19-9-7-8-10-20(19)27-28;1-2(3)4/h7-12,15,21H,13-14,16H2,1-6H3,(H-,25,30,31);1H3,(H,3,4). The molecule has 1 aromatic heterocycles. The number of hydrogen-bond donors (Lipinski definition) is 2. The number of carboxylic acids is 1. The number of quaternary nitrogens is 1. The summed E-state index contributed by atoms with van der Waals surface area (Å²) >= 11 is 0. The molecule has 9 heteroatoms. The van der Waals surface area contributed by atoms with E-state index in [1.54, 1.807) is 10.9 Å². The molecule has 1 atom stereocenters. The monoisotopic (exact) mass is 483 g/mol. The zero-order valence-corrected chi connectivity index (χ0v) is 21.7. The van der Waals surface area contributed by atoms with Crippen LogP contribution in [-0.4, -0.2) is 70.7 Å². The third-order valence-electron chi connectivity index (χ3n) is 5.28. The van der Waals surface area contributed by atoms with Gasteiger partial charge in [0.1, 0.15) is 22.8 Å². The molecule has 0 bridgehead atoms. The molecule has 3 aromatic rings. The molecule has 2 N–H and O–H groups in total. The van der Waals surface area contributed by atoms with Gasteiger partial charge in [-0.2, -0.15) is 15.0 Å². The molecule has 0 aliphatic rings. The van der Waals surface area contributed by atoms with Crippen molar-refractivity contribution in [2.24, 2.45) is 0 Å². The summed E-state index contributed by atoms with van der Waals surface area (Å²) in [7, 11) is 6.29. The number of amides is 1. The van der Waals surface area contributed by atoms with Gasteiger partial charge in [-0.1, -0.05) is 39.0 Å². The quantitative estimate of drug-likeness (QED) is 0.496. The van der Waals surface area contributed by atoms with Gasteiger partial charge in [0.05, 0.1) is 40.7 Å². The summed E-state index contributed by atoms with van der Waals surface area (Å²) in [6.07, 6.45) is 0.215. The highest BCUT2D eigenvalue weighted by Crippen LogP contribution is 2.34. The van der Waals surface area contributed by atoms with Crippen LogP contribution in [0.4, 0.5) is 0 Å². The molecule has 0 saturated heterocycles. The van der Waals surface area contributed by atoms with E-state index in [1.807, 2.05) is 36.4 Å². The van der Waals surface area contributed by atoms with Crippen LogP contribution < -0.4 is 10.4 Å². The Labute approximate surface area is 207 Å². The molecule has 1 heterocycles. The summed E-state index contributed by atoms with van der Waals surface area (Å²) in [5, 5.41) is 31.6. The predicted molar refractivity (Wildman–Crippen MR) is 134 cm³/mol. The number of carbonyl (C=O) groups is 2. The summed E-state index contributed by atoms with van der Waals surface area (Å²) in [5.74, 6) is -0.883. The highest BCUT2D eigenvalue weighted by atomic mass is 16.4. The fourth-order valence-electron chi connectivity index (χ4n) is 3.49. The van der Waals surface area contributed by atoms with E-state index in [-0.39, 0.29) is 29.5 Å². The number of nitrogens with one attached hydrogen (secondary N) is 1. The van der Waals surface area contributed by atoms with Gasteiger partial charge in [0.15, 0.2) is 0 Å². The Morgan fingerprint density at radius 1 is 1.09 bits per heavy atom. The lowest BCUT2D eigenvalue weighted by atomic mass is 9.84. The second-order valence-electron chi connectivity index (χ2n) is 10.6. The van der Waals surface area contributed by atoms with E-state index < -0.39 is 5.97 Å². The zero-order valence-electron chi connectivity index (χ0n) is 21.7. The maximum Gasteiger partial charge on any atom is 0.222 e. The van der Waals surface area contributed by atoms with Gasteiger partial charge in [-0.25, -0.2) is 0 Å². The molecule has 2 aromatic carbocycles. The van der Waals surface area contributed by atoms with Gasteiger partial charge < -0.3 is 24.8 Å². The van der Waals surface area contributed by atoms with Crippen LogP contribution in [0.5, 0.6) is 5.75 Å². The molecule has 0 saturated carbocycles. The van der Waals surface area contributed by atoms with Crippen LogP contribution in [0.25, 0.3) is 11.0 Å². The van der Waals surface area contributed by atoms with E-state index >= 15 is 0 Å². The van der Waals surface area contributed by atoms with Crippen molar-refractivity contribution in [1.82, 2.24) is 20.3 Å². The molecule has 35 heavy (non-hydrogen) atoms. The molecule has 0 radical (unpaired) electrons. The number of benzene rings is 2. The van der Waals surface area contributed by atoms with Crippen LogP contribution in [0.3, 0.4) is 0 Å². The second-order valence-corrected chi connectivity index (χ2v) is 10.6. The Morgan fingerprint density at radius 3 is 2.11 bits per heavy atom. The zero-order chi connectivity index (χ0) is 26.4. The average Bonchev–Trinajstić information content (AvgIpc) is 3.14. The highest BCUT2D eigenvalue weighted by molar-refractivity contribution is 5.77. The van der Waals surface area contributed by atoms with Crippen molar-refractivity contribution >= 4 is 22.9 Å². The minimum atomic E-state index is -1.08. The molecular weight excluding hydrogens is 446 g/mol. The van der Waals surface area contributed by atoms with Gasteiger partial charge >= 0.3 is 0 Å². The van der Waals surface area contributed by atoms with Crippen LogP contribution in [0.2, 0.25) is 0 Å². The molecule has 3 rings (SSSR count). The van der Waals surface area contributed by atoms with Crippen molar-refractivity contribution < 1.29 is 24.3 Å². The predicted octanol–water partition coefficient (Wildman–Crippen LogP) is 1.99. The number of carbonyl (C=O) groups excluding carboxylic acids is 2. The van der Waals surface area contributed by atoms with Crippen LogP contribution in [0.1, 0.15) is 51.3 Å². The van der Waals surface area contributed by atoms with E-state index in [0.29, 0.717) is 6.54 Å². The highest BCUT2D eigenvalue weighted by Gasteiger charge is 2.25. The Balaban J connectivity index is 0.00000100. The number of likely N-dealkylation sites (N-methyl/N-ethyl adjacent to an activating group) is 1. The third-order valence-corrected chi connectivity index (χ3v) is 5.28. The number of rotatable bonds is 7. The number of fused-ring (bicyclic) bond motifs is 1. The minimum absolute atomic E-state index is 0.0508. The minimum Gasteiger partial charge on any atom is -0.550 e. The van der Waals surface area contributed by atoms with Crippen LogP contribution in [0.15, 0.2) is 42.5 Å². The molecule has 0 aliphatic carbocycles. The van der Waals surface area contributed by atoms with Crippen LogP contribution in [-0.2, 0) is 15.0 Å². The molecule has 1 amide bonds. The lowest BCUT2D eigenvalue weighted by molar-refractivity contribution is -0.869.